The molecule has 0 fully saturated rings. The molecule has 1 N–H and O–H groups in total. The second-order valence-corrected chi connectivity index (χ2v) is 3.13. The lowest BCUT2D eigenvalue weighted by Crippen LogP contribution is -2.30. The molecular formula is C8H13NO3. The van der Waals surface area contributed by atoms with Gasteiger partial charge in [-0.2, -0.15) is 5.26 Å². The van der Waals surface area contributed by atoms with Gasteiger partial charge in [0.25, 0.3) is 0 Å². The van der Waals surface area contributed by atoms with Crippen molar-refractivity contribution in [3.05, 3.63) is 0 Å². The van der Waals surface area contributed by atoms with E-state index in [1.54, 1.807) is 13.8 Å². The maximum absolute atomic E-state index is 10.7. The van der Waals surface area contributed by atoms with Crippen LogP contribution in [0.15, 0.2) is 0 Å². The molecule has 1 unspecified atom stereocenters. The Morgan fingerprint density at radius 2 is 2.25 bits per heavy atom. The normalized spacial score (nSPS) is 13.2. The molecule has 0 radical (unpaired) electrons. The Labute approximate surface area is 71.8 Å². The van der Waals surface area contributed by atoms with E-state index in [2.05, 4.69) is 4.74 Å². The van der Waals surface area contributed by atoms with Crippen LogP contribution in [0.3, 0.4) is 0 Å². The third-order valence-corrected chi connectivity index (χ3v) is 1.71. The van der Waals surface area contributed by atoms with E-state index in [9.17, 15) is 9.90 Å². The van der Waals surface area contributed by atoms with Gasteiger partial charge in [0.15, 0.2) is 0 Å². The van der Waals surface area contributed by atoms with Gasteiger partial charge in [-0.1, -0.05) is 0 Å². The Hall–Kier alpha value is -1.08. The van der Waals surface area contributed by atoms with Gasteiger partial charge in [0, 0.05) is 0 Å². The maximum atomic E-state index is 10.7. The van der Waals surface area contributed by atoms with Gasteiger partial charge in [-0.25, -0.2) is 0 Å². The van der Waals surface area contributed by atoms with Gasteiger partial charge in [-0.3, -0.25) is 4.79 Å². The van der Waals surface area contributed by atoms with Crippen molar-refractivity contribution in [1.82, 2.24) is 0 Å². The quantitative estimate of drug-likeness (QED) is 0.626. The molecule has 0 aliphatic rings. The largest absolute Gasteiger partial charge is 0.469 e. The summed E-state index contributed by atoms with van der Waals surface area (Å²) in [5, 5.41) is 17.9. The summed E-state index contributed by atoms with van der Waals surface area (Å²) in [7, 11) is 1.24. The number of aliphatic hydroxyl groups excluding tert-OH is 1. The van der Waals surface area contributed by atoms with E-state index < -0.39 is 17.5 Å². The molecule has 1 atom stereocenters. The average Bonchev–Trinajstić information content (AvgIpc) is 2.04. The molecular weight excluding hydrogens is 158 g/mol. The van der Waals surface area contributed by atoms with Gasteiger partial charge < -0.3 is 9.84 Å². The predicted molar refractivity (Wildman–Crippen MR) is 42.0 cm³/mol. The van der Waals surface area contributed by atoms with Gasteiger partial charge in [0.05, 0.1) is 31.1 Å². The molecule has 4 heteroatoms. The van der Waals surface area contributed by atoms with Crippen molar-refractivity contribution in [1.29, 1.82) is 5.26 Å². The summed E-state index contributed by atoms with van der Waals surface area (Å²) in [6.45, 7) is 3.14. The zero-order valence-electron chi connectivity index (χ0n) is 7.50. The standard InChI is InChI=1S/C8H13NO3/c1-8(2,5-9)6(10)4-7(11)12-3/h6,10H,4H2,1-3H3. The molecule has 0 bridgehead atoms. The van der Waals surface area contributed by atoms with Crippen LogP contribution < -0.4 is 0 Å². The first-order valence-electron chi connectivity index (χ1n) is 3.60. The third kappa shape index (κ3) is 2.89. The van der Waals surface area contributed by atoms with Gasteiger partial charge in [0.1, 0.15) is 0 Å². The van der Waals surface area contributed by atoms with Gasteiger partial charge in [-0.15, -0.1) is 0 Å². The van der Waals surface area contributed by atoms with Crippen LogP contribution in [-0.2, 0) is 9.53 Å². The Kier molecular flexibility index (Phi) is 3.71. The highest BCUT2D eigenvalue weighted by atomic mass is 16.5. The number of nitriles is 1. The number of carbonyl (C=O) groups excluding carboxylic acids is 1. The van der Waals surface area contributed by atoms with Gasteiger partial charge in [0.2, 0.25) is 0 Å². The molecule has 12 heavy (non-hydrogen) atoms. The molecule has 4 nitrogen and oxygen atoms in total. The molecule has 0 aromatic carbocycles. The lowest BCUT2D eigenvalue weighted by molar-refractivity contribution is -0.144. The molecule has 0 rings (SSSR count). The number of hydrogen-bond acceptors (Lipinski definition) is 4. The van der Waals surface area contributed by atoms with Crippen molar-refractivity contribution in [3.63, 3.8) is 0 Å². The molecule has 0 heterocycles. The monoisotopic (exact) mass is 171 g/mol. The van der Waals surface area contributed by atoms with Crippen LogP contribution in [-0.4, -0.2) is 24.3 Å². The van der Waals surface area contributed by atoms with Crippen LogP contribution in [0, 0.1) is 16.7 Å². The number of nitrogens with zero attached hydrogens (tertiary/aromatic N) is 1. The third-order valence-electron chi connectivity index (χ3n) is 1.71. The lowest BCUT2D eigenvalue weighted by atomic mass is 9.87. The Morgan fingerprint density at radius 1 is 1.75 bits per heavy atom. The van der Waals surface area contributed by atoms with E-state index in [1.165, 1.54) is 7.11 Å². The number of methoxy groups -OCH3 is 1. The number of esters is 1. The summed E-state index contributed by atoms with van der Waals surface area (Å²) in [6.07, 6.45) is -1.12. The number of ether oxygens (including phenoxy) is 1. The highest BCUT2D eigenvalue weighted by Gasteiger charge is 2.29. The second-order valence-electron chi connectivity index (χ2n) is 3.13. The van der Waals surface area contributed by atoms with Gasteiger partial charge >= 0.3 is 5.97 Å². The van der Waals surface area contributed by atoms with Crippen molar-refractivity contribution in [3.8, 4) is 6.07 Å². The SMILES string of the molecule is COC(=O)CC(O)C(C)(C)C#N. The summed E-state index contributed by atoms with van der Waals surface area (Å²) < 4.78 is 4.35. The van der Waals surface area contributed by atoms with Crippen molar-refractivity contribution in [2.75, 3.05) is 7.11 Å². The summed E-state index contributed by atoms with van der Waals surface area (Å²) in [6, 6.07) is 1.91. The van der Waals surface area contributed by atoms with Crippen LogP contribution in [0.5, 0.6) is 0 Å². The molecule has 0 aromatic rings. The summed E-state index contributed by atoms with van der Waals surface area (Å²) in [5.74, 6) is -0.508. The smallest absolute Gasteiger partial charge is 0.308 e. The maximum Gasteiger partial charge on any atom is 0.308 e. The fraction of sp³-hybridized carbons (Fsp3) is 0.750. The summed E-state index contributed by atoms with van der Waals surface area (Å²) in [5.41, 5.74) is -0.909. The van der Waals surface area contributed by atoms with Gasteiger partial charge in [-0.05, 0) is 13.8 Å². The Bertz CT molecular complexity index is 205. The minimum Gasteiger partial charge on any atom is -0.469 e. The van der Waals surface area contributed by atoms with Crippen LogP contribution in [0.2, 0.25) is 0 Å². The van der Waals surface area contributed by atoms with E-state index >= 15 is 0 Å². The summed E-state index contributed by atoms with van der Waals surface area (Å²) in [4.78, 5) is 10.7. The topological polar surface area (TPSA) is 70.3 Å². The molecule has 0 saturated carbocycles. The van der Waals surface area contributed by atoms with E-state index in [0.717, 1.165) is 0 Å². The Morgan fingerprint density at radius 3 is 2.58 bits per heavy atom. The first-order chi connectivity index (χ1) is 5.44. The number of carbonyl (C=O) groups is 1. The van der Waals surface area contributed by atoms with Crippen LogP contribution >= 0.6 is 0 Å². The minimum atomic E-state index is -0.977. The number of rotatable bonds is 3. The highest BCUT2D eigenvalue weighted by Crippen LogP contribution is 2.21. The van der Waals surface area contributed by atoms with Crippen molar-refractivity contribution in [2.45, 2.75) is 26.4 Å². The lowest BCUT2D eigenvalue weighted by Gasteiger charge is -2.21. The van der Waals surface area contributed by atoms with Crippen molar-refractivity contribution >= 4 is 5.97 Å². The molecule has 0 saturated heterocycles. The van der Waals surface area contributed by atoms with E-state index in [1.807, 2.05) is 6.07 Å². The average molecular weight is 171 g/mol. The second kappa shape index (κ2) is 4.07. The first-order valence-corrected chi connectivity index (χ1v) is 3.60. The van der Waals surface area contributed by atoms with Crippen molar-refractivity contribution < 1.29 is 14.6 Å². The molecule has 68 valence electrons. The highest BCUT2D eigenvalue weighted by molar-refractivity contribution is 5.69. The number of aliphatic hydroxyl groups is 1. The predicted octanol–water partition coefficient (Wildman–Crippen LogP) is 0.460. The van der Waals surface area contributed by atoms with E-state index in [4.69, 9.17) is 5.26 Å². The zero-order chi connectivity index (χ0) is 9.78. The molecule has 0 amide bonds. The zero-order valence-corrected chi connectivity index (χ0v) is 7.50. The molecule has 0 aliphatic carbocycles. The molecule has 0 aliphatic heterocycles. The fourth-order valence-corrected chi connectivity index (χ4v) is 0.571. The van der Waals surface area contributed by atoms with Crippen LogP contribution in [0.4, 0.5) is 0 Å². The molecule has 0 spiro atoms. The van der Waals surface area contributed by atoms with Crippen molar-refractivity contribution in [2.24, 2.45) is 5.41 Å². The first kappa shape index (κ1) is 10.9. The Balaban J connectivity index is 4.14. The summed E-state index contributed by atoms with van der Waals surface area (Å²) >= 11 is 0. The van der Waals surface area contributed by atoms with E-state index in [0.29, 0.717) is 0 Å². The fourth-order valence-electron chi connectivity index (χ4n) is 0.571. The minimum absolute atomic E-state index is 0.142. The molecule has 0 aromatic heterocycles. The van der Waals surface area contributed by atoms with Crippen LogP contribution in [0.25, 0.3) is 0 Å². The van der Waals surface area contributed by atoms with Crippen LogP contribution in [0.1, 0.15) is 20.3 Å². The number of hydrogen-bond donors (Lipinski definition) is 1. The van der Waals surface area contributed by atoms with E-state index in [-0.39, 0.29) is 6.42 Å².